The van der Waals surface area contributed by atoms with E-state index in [1.807, 2.05) is 9.80 Å². The number of aliphatic hydroxyl groups excluding tert-OH is 1. The summed E-state index contributed by atoms with van der Waals surface area (Å²) in [6.07, 6.45) is 0.836. The van der Waals surface area contributed by atoms with E-state index in [2.05, 4.69) is 14.9 Å². The summed E-state index contributed by atoms with van der Waals surface area (Å²) in [5.41, 5.74) is 1.16. The molecule has 0 bridgehead atoms. The number of carbonyl (C=O) groups excluding carboxylic acids is 1. The first-order chi connectivity index (χ1) is 15.5. The topological polar surface area (TPSA) is 72.8 Å². The molecule has 2 aliphatic rings. The minimum atomic E-state index is -0.592. The van der Waals surface area contributed by atoms with Crippen LogP contribution in [0.2, 0.25) is 5.02 Å². The lowest BCUT2D eigenvalue weighted by Gasteiger charge is -2.38. The Bertz CT molecular complexity index is 1130. The van der Waals surface area contributed by atoms with Gasteiger partial charge >= 0.3 is 0 Å². The van der Waals surface area contributed by atoms with E-state index >= 15 is 0 Å². The molecule has 0 saturated carbocycles. The molecule has 3 heterocycles. The molecular weight excluding hydrogens is 433 g/mol. The molecule has 1 N–H and O–H groups in total. The lowest BCUT2D eigenvalue weighted by molar-refractivity contribution is 0.0376. The molecule has 7 nitrogen and oxygen atoms in total. The van der Waals surface area contributed by atoms with E-state index in [0.717, 1.165) is 0 Å². The lowest BCUT2D eigenvalue weighted by atomic mass is 10.1. The Balaban J connectivity index is 1.27. The number of nitrogens with zero attached hydrogens (tertiary/aromatic N) is 5. The fourth-order valence-electron chi connectivity index (χ4n) is 4.62. The number of β-amino-alcohol motifs (C(OH)–C–C–N with tert-alkyl or cyclic N) is 1. The quantitative estimate of drug-likeness (QED) is 0.654. The second-order valence-corrected chi connectivity index (χ2v) is 8.64. The van der Waals surface area contributed by atoms with Crippen molar-refractivity contribution in [1.82, 2.24) is 19.8 Å². The molecule has 2 aromatic carbocycles. The summed E-state index contributed by atoms with van der Waals surface area (Å²) in [7, 11) is 0. The smallest absolute Gasteiger partial charge is 0.253 e. The van der Waals surface area contributed by atoms with Crippen molar-refractivity contribution in [1.29, 1.82) is 0 Å². The van der Waals surface area contributed by atoms with Gasteiger partial charge in [-0.1, -0.05) is 17.7 Å². The number of hydrogen-bond donors (Lipinski definition) is 1. The molecule has 2 atom stereocenters. The number of aromatic nitrogens is 2. The van der Waals surface area contributed by atoms with Gasteiger partial charge in [0.15, 0.2) is 0 Å². The van der Waals surface area contributed by atoms with Crippen molar-refractivity contribution >= 4 is 34.2 Å². The van der Waals surface area contributed by atoms with Crippen LogP contribution in [0.15, 0.2) is 48.8 Å². The van der Waals surface area contributed by atoms with Gasteiger partial charge < -0.3 is 14.9 Å². The van der Waals surface area contributed by atoms with Crippen LogP contribution in [0.4, 0.5) is 10.2 Å². The van der Waals surface area contributed by atoms with Crippen LogP contribution in [0.1, 0.15) is 10.4 Å². The average molecular weight is 456 g/mol. The Kier molecular flexibility index (Phi) is 5.67. The van der Waals surface area contributed by atoms with E-state index in [-0.39, 0.29) is 17.8 Å². The molecule has 5 rings (SSSR count). The van der Waals surface area contributed by atoms with Gasteiger partial charge in [-0.3, -0.25) is 9.69 Å². The fourth-order valence-corrected chi connectivity index (χ4v) is 4.75. The maximum Gasteiger partial charge on any atom is 0.253 e. The first-order valence-electron chi connectivity index (χ1n) is 10.6. The van der Waals surface area contributed by atoms with Gasteiger partial charge in [0.25, 0.3) is 5.91 Å². The minimum absolute atomic E-state index is 0.0159. The highest BCUT2D eigenvalue weighted by Gasteiger charge is 2.38. The molecule has 0 spiro atoms. The van der Waals surface area contributed by atoms with Crippen LogP contribution < -0.4 is 4.90 Å². The highest BCUT2D eigenvalue weighted by molar-refractivity contribution is 6.30. The SMILES string of the molecule is O=C(c1ccc(Cl)cc1)N1CCN(C2CN(c3ncnc4cccc(F)c34)CC2O)CC1. The molecule has 3 aromatic rings. The second-order valence-electron chi connectivity index (χ2n) is 8.21. The zero-order valence-electron chi connectivity index (χ0n) is 17.4. The van der Waals surface area contributed by atoms with E-state index in [1.165, 1.54) is 12.4 Å². The van der Waals surface area contributed by atoms with Crippen molar-refractivity contribution in [3.8, 4) is 0 Å². The Morgan fingerprint density at radius 3 is 2.53 bits per heavy atom. The van der Waals surface area contributed by atoms with Gasteiger partial charge in [0, 0.05) is 49.9 Å². The summed E-state index contributed by atoms with van der Waals surface area (Å²) >= 11 is 5.92. The van der Waals surface area contributed by atoms with Crippen LogP contribution >= 0.6 is 11.6 Å². The molecule has 0 radical (unpaired) electrons. The number of fused-ring (bicyclic) bond motifs is 1. The third-order valence-corrected chi connectivity index (χ3v) is 6.56. The van der Waals surface area contributed by atoms with Crippen LogP contribution in [-0.4, -0.2) is 82.2 Å². The van der Waals surface area contributed by atoms with E-state index < -0.39 is 6.10 Å². The standard InChI is InChI=1S/C23H23ClFN5O2/c24-16-6-4-15(5-7-16)23(32)29-10-8-28(9-11-29)19-12-30(13-20(19)31)22-21-17(25)2-1-3-18(21)26-14-27-22/h1-7,14,19-20,31H,8-13H2. The van der Waals surface area contributed by atoms with Crippen molar-refractivity contribution < 1.29 is 14.3 Å². The van der Waals surface area contributed by atoms with Crippen molar-refractivity contribution in [2.45, 2.75) is 12.1 Å². The average Bonchev–Trinajstić information content (AvgIpc) is 3.20. The van der Waals surface area contributed by atoms with Gasteiger partial charge in [-0.25, -0.2) is 14.4 Å². The molecule has 9 heteroatoms. The van der Waals surface area contributed by atoms with Gasteiger partial charge in [-0.15, -0.1) is 0 Å². The third kappa shape index (κ3) is 3.90. The van der Waals surface area contributed by atoms with Gasteiger partial charge in [0.2, 0.25) is 0 Å². The number of piperazine rings is 1. The van der Waals surface area contributed by atoms with E-state index in [4.69, 9.17) is 11.6 Å². The first-order valence-corrected chi connectivity index (χ1v) is 11.0. The predicted molar refractivity (Wildman–Crippen MR) is 120 cm³/mol. The molecular formula is C23H23ClFN5O2. The molecule has 1 aromatic heterocycles. The van der Waals surface area contributed by atoms with Crippen LogP contribution in [-0.2, 0) is 0 Å². The third-order valence-electron chi connectivity index (χ3n) is 6.31. The van der Waals surface area contributed by atoms with E-state index in [0.29, 0.717) is 66.6 Å². The summed E-state index contributed by atoms with van der Waals surface area (Å²) in [5, 5.41) is 11.8. The maximum atomic E-state index is 14.5. The molecule has 166 valence electrons. The Hall–Kier alpha value is -2.81. The molecule has 2 aliphatic heterocycles. The van der Waals surface area contributed by atoms with Crippen LogP contribution in [0.5, 0.6) is 0 Å². The molecule has 2 saturated heterocycles. The molecule has 1 amide bonds. The lowest BCUT2D eigenvalue weighted by Crippen LogP contribution is -2.54. The van der Waals surface area contributed by atoms with Crippen LogP contribution in [0.3, 0.4) is 0 Å². The van der Waals surface area contributed by atoms with Crippen molar-refractivity contribution in [3.05, 3.63) is 65.2 Å². The predicted octanol–water partition coefficient (Wildman–Crippen LogP) is 2.43. The minimum Gasteiger partial charge on any atom is -0.390 e. The zero-order chi connectivity index (χ0) is 22.2. The summed E-state index contributed by atoms with van der Waals surface area (Å²) in [5.74, 6) is 0.120. The summed E-state index contributed by atoms with van der Waals surface area (Å²) in [6.45, 7) is 3.38. The number of carbonyl (C=O) groups is 1. The van der Waals surface area contributed by atoms with Gasteiger partial charge in [-0.2, -0.15) is 0 Å². The fraction of sp³-hybridized carbons (Fsp3) is 0.348. The molecule has 0 aliphatic carbocycles. The number of rotatable bonds is 3. The van der Waals surface area contributed by atoms with Crippen LogP contribution in [0.25, 0.3) is 10.9 Å². The van der Waals surface area contributed by atoms with Gasteiger partial charge in [-0.05, 0) is 36.4 Å². The Morgan fingerprint density at radius 1 is 1.03 bits per heavy atom. The molecule has 2 unspecified atom stereocenters. The molecule has 2 fully saturated rings. The van der Waals surface area contributed by atoms with Crippen molar-refractivity contribution in [3.63, 3.8) is 0 Å². The number of amides is 1. The van der Waals surface area contributed by atoms with Crippen molar-refractivity contribution in [2.24, 2.45) is 0 Å². The monoisotopic (exact) mass is 455 g/mol. The van der Waals surface area contributed by atoms with Gasteiger partial charge in [0.1, 0.15) is 18.0 Å². The Labute approximate surface area is 190 Å². The summed E-state index contributed by atoms with van der Waals surface area (Å²) in [6, 6.07) is 11.6. The van der Waals surface area contributed by atoms with Crippen molar-refractivity contribution in [2.75, 3.05) is 44.2 Å². The maximum absolute atomic E-state index is 14.5. The highest BCUT2D eigenvalue weighted by Crippen LogP contribution is 2.30. The number of aliphatic hydroxyl groups is 1. The first kappa shape index (κ1) is 21.1. The van der Waals surface area contributed by atoms with Gasteiger partial charge in [0.05, 0.1) is 23.0 Å². The largest absolute Gasteiger partial charge is 0.390 e. The number of halogens is 2. The van der Waals surface area contributed by atoms with E-state index in [9.17, 15) is 14.3 Å². The number of benzene rings is 2. The number of hydrogen-bond acceptors (Lipinski definition) is 6. The van der Waals surface area contributed by atoms with Crippen LogP contribution in [0, 0.1) is 5.82 Å². The summed E-state index contributed by atoms with van der Waals surface area (Å²) in [4.78, 5) is 27.2. The highest BCUT2D eigenvalue weighted by atomic mass is 35.5. The second kappa shape index (κ2) is 8.61. The van der Waals surface area contributed by atoms with E-state index in [1.54, 1.807) is 36.4 Å². The summed E-state index contributed by atoms with van der Waals surface area (Å²) < 4.78 is 14.5. The molecule has 32 heavy (non-hydrogen) atoms. The Morgan fingerprint density at radius 2 is 1.78 bits per heavy atom. The number of anilines is 1. The normalized spacial score (nSPS) is 22.0. The zero-order valence-corrected chi connectivity index (χ0v) is 18.1.